The number of aliphatic hydroxyl groups excluding tert-OH is 1. The van der Waals surface area contributed by atoms with Crippen LogP contribution in [0.1, 0.15) is 32.1 Å². The molecule has 1 fully saturated rings. The van der Waals surface area contributed by atoms with Gasteiger partial charge < -0.3 is 5.11 Å². The summed E-state index contributed by atoms with van der Waals surface area (Å²) in [5.41, 5.74) is 0. The molecule has 54 valence electrons. The molecule has 0 saturated heterocycles. The molecule has 0 atom stereocenters. The van der Waals surface area contributed by atoms with Crippen molar-refractivity contribution in [2.24, 2.45) is 0 Å². The smallest absolute Gasteiger partial charge is 0.0676 e. The molecule has 9 heavy (non-hydrogen) atoms. The van der Waals surface area contributed by atoms with Crippen molar-refractivity contribution in [3.8, 4) is 0 Å². The maximum absolute atomic E-state index is 8.82. The Morgan fingerprint density at radius 3 is 2.11 bits per heavy atom. The highest BCUT2D eigenvalue weighted by Crippen LogP contribution is 2.33. The van der Waals surface area contributed by atoms with Gasteiger partial charge >= 0.3 is 0 Å². The van der Waals surface area contributed by atoms with Crippen molar-refractivity contribution in [1.82, 2.24) is 0 Å². The second-order valence-corrected chi connectivity index (χ2v) is 3.67. The summed E-state index contributed by atoms with van der Waals surface area (Å²) in [5.74, 6) is 0. The van der Waals surface area contributed by atoms with Crippen LogP contribution >= 0.6 is 11.6 Å². The lowest BCUT2D eigenvalue weighted by atomic mass is 9.89. The third-order valence-corrected chi connectivity index (χ3v) is 2.53. The van der Waals surface area contributed by atoms with E-state index in [1.165, 1.54) is 19.3 Å². The molecule has 0 heterocycles. The molecule has 0 aromatic heterocycles. The van der Waals surface area contributed by atoms with Gasteiger partial charge in [-0.25, -0.2) is 0 Å². The van der Waals surface area contributed by atoms with Crippen LogP contribution < -0.4 is 0 Å². The Bertz CT molecular complexity index is 86.9. The Morgan fingerprint density at radius 1 is 1.22 bits per heavy atom. The van der Waals surface area contributed by atoms with Crippen molar-refractivity contribution in [2.45, 2.75) is 37.0 Å². The normalized spacial score (nSPS) is 26.0. The van der Waals surface area contributed by atoms with Gasteiger partial charge in [0.15, 0.2) is 0 Å². The van der Waals surface area contributed by atoms with E-state index in [1.807, 2.05) is 0 Å². The van der Waals surface area contributed by atoms with E-state index in [-0.39, 0.29) is 11.5 Å². The molecule has 1 rings (SSSR count). The first-order valence-corrected chi connectivity index (χ1v) is 3.94. The van der Waals surface area contributed by atoms with E-state index >= 15 is 0 Å². The van der Waals surface area contributed by atoms with Gasteiger partial charge in [-0.05, 0) is 12.8 Å². The van der Waals surface area contributed by atoms with Gasteiger partial charge in [-0.2, -0.15) is 0 Å². The van der Waals surface area contributed by atoms with Crippen LogP contribution in [0, 0.1) is 0 Å². The molecule has 0 bridgehead atoms. The number of halogens is 1. The van der Waals surface area contributed by atoms with Crippen molar-refractivity contribution in [3.63, 3.8) is 0 Å². The van der Waals surface area contributed by atoms with Crippen LogP contribution in [-0.2, 0) is 0 Å². The van der Waals surface area contributed by atoms with Crippen molar-refractivity contribution in [2.75, 3.05) is 6.61 Å². The molecule has 0 radical (unpaired) electrons. The molecule has 1 nitrogen and oxygen atoms in total. The highest BCUT2D eigenvalue weighted by atomic mass is 35.5. The van der Waals surface area contributed by atoms with Gasteiger partial charge in [0.1, 0.15) is 0 Å². The van der Waals surface area contributed by atoms with Crippen LogP contribution in [0.15, 0.2) is 0 Å². The summed E-state index contributed by atoms with van der Waals surface area (Å²) in [7, 11) is 0. The molecule has 2 heteroatoms. The first-order valence-electron chi connectivity index (χ1n) is 3.57. The van der Waals surface area contributed by atoms with Gasteiger partial charge in [0.2, 0.25) is 0 Å². The second kappa shape index (κ2) is 2.89. The third kappa shape index (κ3) is 1.84. The van der Waals surface area contributed by atoms with E-state index in [9.17, 15) is 0 Å². The number of rotatable bonds is 1. The van der Waals surface area contributed by atoms with Gasteiger partial charge in [-0.3, -0.25) is 0 Å². The molecule has 1 aliphatic rings. The van der Waals surface area contributed by atoms with Crippen LogP contribution in [0.25, 0.3) is 0 Å². The Hall–Kier alpha value is 0.250. The molecule has 0 amide bonds. The molecule has 0 unspecified atom stereocenters. The molecule has 0 aliphatic heterocycles. The maximum Gasteiger partial charge on any atom is 0.0676 e. The van der Waals surface area contributed by atoms with Gasteiger partial charge in [0.25, 0.3) is 0 Å². The zero-order chi connectivity index (χ0) is 6.74. The highest BCUT2D eigenvalue weighted by Gasteiger charge is 2.27. The first-order chi connectivity index (χ1) is 4.27. The zero-order valence-corrected chi connectivity index (χ0v) is 6.32. The van der Waals surface area contributed by atoms with Crippen molar-refractivity contribution >= 4 is 11.6 Å². The minimum atomic E-state index is -0.252. The van der Waals surface area contributed by atoms with Gasteiger partial charge in [0, 0.05) is 0 Å². The monoisotopic (exact) mass is 148 g/mol. The minimum Gasteiger partial charge on any atom is -0.395 e. The molecule has 1 N–H and O–H groups in total. The van der Waals surface area contributed by atoms with Crippen LogP contribution in [-0.4, -0.2) is 16.6 Å². The maximum atomic E-state index is 8.82. The predicted molar refractivity (Wildman–Crippen MR) is 38.8 cm³/mol. The lowest BCUT2D eigenvalue weighted by Gasteiger charge is -2.28. The average Bonchev–Trinajstić information content (AvgIpc) is 1.90. The van der Waals surface area contributed by atoms with E-state index in [1.54, 1.807) is 0 Å². The molecule has 1 aliphatic carbocycles. The second-order valence-electron chi connectivity index (χ2n) is 2.87. The third-order valence-electron chi connectivity index (χ3n) is 2.03. The van der Waals surface area contributed by atoms with E-state index < -0.39 is 0 Å². The molecule has 0 aromatic carbocycles. The number of hydrogen-bond donors (Lipinski definition) is 1. The number of aliphatic hydroxyl groups is 1. The van der Waals surface area contributed by atoms with Crippen molar-refractivity contribution in [1.29, 1.82) is 0 Å². The molecule has 0 spiro atoms. The first kappa shape index (κ1) is 7.36. The fourth-order valence-corrected chi connectivity index (χ4v) is 1.61. The number of alkyl halides is 1. The van der Waals surface area contributed by atoms with Crippen LogP contribution in [0.4, 0.5) is 0 Å². The summed E-state index contributed by atoms with van der Waals surface area (Å²) in [4.78, 5) is -0.252. The fourth-order valence-electron chi connectivity index (χ4n) is 1.34. The summed E-state index contributed by atoms with van der Waals surface area (Å²) in [6.07, 6.45) is 5.64. The summed E-state index contributed by atoms with van der Waals surface area (Å²) in [6.45, 7) is 0.147. The quantitative estimate of drug-likeness (QED) is 0.564. The SMILES string of the molecule is OCC1(Cl)CCCCC1. The standard InChI is InChI=1S/C7H13ClO/c8-7(6-9)4-2-1-3-5-7/h9H,1-6H2. The van der Waals surface area contributed by atoms with Crippen LogP contribution in [0.2, 0.25) is 0 Å². The van der Waals surface area contributed by atoms with Crippen molar-refractivity contribution < 1.29 is 5.11 Å². The number of hydrogen-bond acceptors (Lipinski definition) is 1. The summed E-state index contributed by atoms with van der Waals surface area (Å²) < 4.78 is 0. The van der Waals surface area contributed by atoms with Crippen LogP contribution in [0.3, 0.4) is 0 Å². The van der Waals surface area contributed by atoms with Gasteiger partial charge in [-0.1, -0.05) is 19.3 Å². The van der Waals surface area contributed by atoms with Crippen molar-refractivity contribution in [3.05, 3.63) is 0 Å². The van der Waals surface area contributed by atoms with Gasteiger partial charge in [0.05, 0.1) is 11.5 Å². The highest BCUT2D eigenvalue weighted by molar-refractivity contribution is 6.24. The lowest BCUT2D eigenvalue weighted by molar-refractivity contribution is 0.209. The molecule has 0 aromatic rings. The topological polar surface area (TPSA) is 20.2 Å². The van der Waals surface area contributed by atoms with E-state index in [0.29, 0.717) is 0 Å². The Kier molecular flexibility index (Phi) is 2.36. The predicted octanol–water partition coefficient (Wildman–Crippen LogP) is 1.92. The Balaban J connectivity index is 2.37. The largest absolute Gasteiger partial charge is 0.395 e. The molecule has 1 saturated carbocycles. The van der Waals surface area contributed by atoms with E-state index in [4.69, 9.17) is 16.7 Å². The molecular weight excluding hydrogens is 136 g/mol. The Morgan fingerprint density at radius 2 is 1.78 bits per heavy atom. The van der Waals surface area contributed by atoms with E-state index in [2.05, 4.69) is 0 Å². The Labute approximate surface area is 61.0 Å². The van der Waals surface area contributed by atoms with Gasteiger partial charge in [-0.15, -0.1) is 11.6 Å². The fraction of sp³-hybridized carbons (Fsp3) is 1.00. The van der Waals surface area contributed by atoms with Crippen LogP contribution in [0.5, 0.6) is 0 Å². The summed E-state index contributed by atoms with van der Waals surface area (Å²) in [5, 5.41) is 8.82. The lowest BCUT2D eigenvalue weighted by Crippen LogP contribution is -2.28. The summed E-state index contributed by atoms with van der Waals surface area (Å²) >= 11 is 6.01. The minimum absolute atomic E-state index is 0.147. The summed E-state index contributed by atoms with van der Waals surface area (Å²) in [6, 6.07) is 0. The zero-order valence-electron chi connectivity index (χ0n) is 5.57. The van der Waals surface area contributed by atoms with E-state index in [0.717, 1.165) is 12.8 Å². The average molecular weight is 149 g/mol. The molecular formula is C7H13ClO.